The minimum atomic E-state index is 0.150. The highest BCUT2D eigenvalue weighted by Crippen LogP contribution is 2.19. The Bertz CT molecular complexity index is 134. The van der Waals surface area contributed by atoms with Crippen molar-refractivity contribution in [2.75, 3.05) is 0 Å². The van der Waals surface area contributed by atoms with Gasteiger partial charge in [-0.3, -0.25) is 0 Å². The minimum absolute atomic E-state index is 0.150. The van der Waals surface area contributed by atoms with Gasteiger partial charge >= 0.3 is 0 Å². The van der Waals surface area contributed by atoms with E-state index in [4.69, 9.17) is 11.5 Å². The fraction of sp³-hybridized carbons (Fsp3) is 1.00. The third-order valence-corrected chi connectivity index (χ3v) is 3.21. The summed E-state index contributed by atoms with van der Waals surface area (Å²) in [6.45, 7) is 8.74. The molecular formula is C12H28N2. The second-order valence-corrected chi connectivity index (χ2v) is 4.71. The molecule has 4 N–H and O–H groups in total. The number of nitrogens with two attached hydrogens (primary N) is 2. The molecule has 14 heavy (non-hydrogen) atoms. The zero-order valence-electron chi connectivity index (χ0n) is 10.3. The van der Waals surface area contributed by atoms with Crippen molar-refractivity contribution in [1.82, 2.24) is 0 Å². The molecule has 0 aliphatic rings. The summed E-state index contributed by atoms with van der Waals surface area (Å²) < 4.78 is 0. The van der Waals surface area contributed by atoms with E-state index in [0.29, 0.717) is 11.8 Å². The van der Waals surface area contributed by atoms with Crippen molar-refractivity contribution in [1.29, 1.82) is 0 Å². The maximum atomic E-state index is 6.19. The van der Waals surface area contributed by atoms with Gasteiger partial charge in [-0.2, -0.15) is 0 Å². The van der Waals surface area contributed by atoms with Crippen LogP contribution in [0.3, 0.4) is 0 Å². The Hall–Kier alpha value is -0.0800. The van der Waals surface area contributed by atoms with E-state index < -0.39 is 0 Å². The Morgan fingerprint density at radius 2 is 1.57 bits per heavy atom. The van der Waals surface area contributed by atoms with Crippen molar-refractivity contribution in [3.8, 4) is 0 Å². The Morgan fingerprint density at radius 3 is 1.93 bits per heavy atom. The average molecular weight is 200 g/mol. The van der Waals surface area contributed by atoms with Crippen LogP contribution in [-0.4, -0.2) is 12.1 Å². The highest BCUT2D eigenvalue weighted by molar-refractivity contribution is 4.84. The summed E-state index contributed by atoms with van der Waals surface area (Å²) >= 11 is 0. The molecule has 0 saturated heterocycles. The summed E-state index contributed by atoms with van der Waals surface area (Å²) in [5, 5.41) is 0. The molecule has 0 aromatic rings. The highest BCUT2D eigenvalue weighted by atomic mass is 14.8. The maximum absolute atomic E-state index is 6.19. The van der Waals surface area contributed by atoms with Crippen molar-refractivity contribution in [2.24, 2.45) is 23.3 Å². The molecule has 86 valence electrons. The van der Waals surface area contributed by atoms with E-state index in [1.54, 1.807) is 0 Å². The van der Waals surface area contributed by atoms with Crippen LogP contribution in [0.1, 0.15) is 53.4 Å². The smallest absolute Gasteiger partial charge is 0.0223 e. The van der Waals surface area contributed by atoms with Gasteiger partial charge in [0.1, 0.15) is 0 Å². The number of hydrogen-bond acceptors (Lipinski definition) is 2. The first-order valence-electron chi connectivity index (χ1n) is 6.05. The van der Waals surface area contributed by atoms with E-state index >= 15 is 0 Å². The molecule has 0 aliphatic heterocycles. The fourth-order valence-corrected chi connectivity index (χ4v) is 1.89. The van der Waals surface area contributed by atoms with Crippen LogP contribution in [-0.2, 0) is 0 Å². The SMILES string of the molecule is CCCCC(CC)C(N)C(N)C(C)C. The Kier molecular flexibility index (Phi) is 7.20. The third-order valence-electron chi connectivity index (χ3n) is 3.21. The van der Waals surface area contributed by atoms with Gasteiger partial charge in [0.25, 0.3) is 0 Å². The molecular weight excluding hydrogens is 172 g/mol. The molecule has 0 spiro atoms. The van der Waals surface area contributed by atoms with Gasteiger partial charge in [-0.1, -0.05) is 47.0 Å². The number of unbranched alkanes of at least 4 members (excludes halogenated alkanes) is 1. The van der Waals surface area contributed by atoms with Crippen LogP contribution >= 0.6 is 0 Å². The quantitative estimate of drug-likeness (QED) is 0.663. The molecule has 0 amide bonds. The normalized spacial score (nSPS) is 18.2. The van der Waals surface area contributed by atoms with E-state index in [1.807, 2.05) is 0 Å². The summed E-state index contributed by atoms with van der Waals surface area (Å²) in [5.41, 5.74) is 12.3. The van der Waals surface area contributed by atoms with Crippen LogP contribution in [0, 0.1) is 11.8 Å². The first-order chi connectivity index (χ1) is 6.54. The molecule has 0 heterocycles. The van der Waals surface area contributed by atoms with E-state index in [9.17, 15) is 0 Å². The summed E-state index contributed by atoms with van der Waals surface area (Å²) in [7, 11) is 0. The molecule has 2 heteroatoms. The second kappa shape index (κ2) is 7.24. The highest BCUT2D eigenvalue weighted by Gasteiger charge is 2.23. The molecule has 0 aromatic heterocycles. The van der Waals surface area contributed by atoms with E-state index in [0.717, 1.165) is 6.42 Å². The minimum Gasteiger partial charge on any atom is -0.326 e. The standard InChI is InChI=1S/C12H28N2/c1-5-7-8-10(6-2)12(14)11(13)9(3)4/h9-12H,5-8,13-14H2,1-4H3. The zero-order valence-corrected chi connectivity index (χ0v) is 10.3. The molecule has 3 unspecified atom stereocenters. The lowest BCUT2D eigenvalue weighted by Gasteiger charge is -2.30. The summed E-state index contributed by atoms with van der Waals surface area (Å²) in [5.74, 6) is 1.09. The van der Waals surface area contributed by atoms with E-state index in [1.165, 1.54) is 19.3 Å². The predicted molar refractivity (Wildman–Crippen MR) is 64.1 cm³/mol. The summed E-state index contributed by atoms with van der Waals surface area (Å²) in [4.78, 5) is 0. The molecule has 0 radical (unpaired) electrons. The average Bonchev–Trinajstić information content (AvgIpc) is 2.17. The zero-order chi connectivity index (χ0) is 11.1. The lowest BCUT2D eigenvalue weighted by Crippen LogP contribution is -2.49. The van der Waals surface area contributed by atoms with E-state index in [-0.39, 0.29) is 12.1 Å². The lowest BCUT2D eigenvalue weighted by molar-refractivity contribution is 0.291. The molecule has 3 atom stereocenters. The van der Waals surface area contributed by atoms with Gasteiger partial charge < -0.3 is 11.5 Å². The number of hydrogen-bond donors (Lipinski definition) is 2. The van der Waals surface area contributed by atoms with E-state index in [2.05, 4.69) is 27.7 Å². The van der Waals surface area contributed by atoms with Crippen molar-refractivity contribution in [3.63, 3.8) is 0 Å². The molecule has 0 rings (SSSR count). The first kappa shape index (κ1) is 13.9. The van der Waals surface area contributed by atoms with Crippen LogP contribution in [0.5, 0.6) is 0 Å². The van der Waals surface area contributed by atoms with Gasteiger partial charge in [0.15, 0.2) is 0 Å². The predicted octanol–water partition coefficient (Wildman–Crippen LogP) is 2.51. The topological polar surface area (TPSA) is 52.0 Å². The van der Waals surface area contributed by atoms with Crippen LogP contribution in [0.2, 0.25) is 0 Å². The molecule has 0 aliphatic carbocycles. The van der Waals surface area contributed by atoms with Gasteiger partial charge in [-0.05, 0) is 18.3 Å². The Labute approximate surface area is 89.4 Å². The van der Waals surface area contributed by atoms with Gasteiger partial charge in [0.2, 0.25) is 0 Å². The molecule has 0 fully saturated rings. The van der Waals surface area contributed by atoms with Crippen LogP contribution in [0.15, 0.2) is 0 Å². The Balaban J connectivity index is 4.08. The van der Waals surface area contributed by atoms with Crippen molar-refractivity contribution in [2.45, 2.75) is 65.5 Å². The molecule has 0 bridgehead atoms. The fourth-order valence-electron chi connectivity index (χ4n) is 1.89. The van der Waals surface area contributed by atoms with Crippen molar-refractivity contribution < 1.29 is 0 Å². The lowest BCUT2D eigenvalue weighted by atomic mass is 9.84. The first-order valence-corrected chi connectivity index (χ1v) is 6.05. The number of rotatable bonds is 7. The molecule has 0 aromatic carbocycles. The monoisotopic (exact) mass is 200 g/mol. The third kappa shape index (κ3) is 4.43. The van der Waals surface area contributed by atoms with Crippen molar-refractivity contribution >= 4 is 0 Å². The van der Waals surface area contributed by atoms with Gasteiger partial charge in [0, 0.05) is 12.1 Å². The van der Waals surface area contributed by atoms with Gasteiger partial charge in [-0.25, -0.2) is 0 Å². The maximum Gasteiger partial charge on any atom is 0.0223 e. The Morgan fingerprint density at radius 1 is 1.00 bits per heavy atom. The summed E-state index contributed by atoms with van der Waals surface area (Å²) in [6.07, 6.45) is 4.91. The molecule has 0 saturated carbocycles. The molecule has 2 nitrogen and oxygen atoms in total. The van der Waals surface area contributed by atoms with Gasteiger partial charge in [-0.15, -0.1) is 0 Å². The summed E-state index contributed by atoms with van der Waals surface area (Å²) in [6, 6.07) is 0.323. The second-order valence-electron chi connectivity index (χ2n) is 4.71. The van der Waals surface area contributed by atoms with Gasteiger partial charge in [0.05, 0.1) is 0 Å². The van der Waals surface area contributed by atoms with Crippen molar-refractivity contribution in [3.05, 3.63) is 0 Å². The van der Waals surface area contributed by atoms with Crippen LogP contribution < -0.4 is 11.5 Å². The van der Waals surface area contributed by atoms with Crippen LogP contribution in [0.25, 0.3) is 0 Å². The van der Waals surface area contributed by atoms with Crippen LogP contribution in [0.4, 0.5) is 0 Å². The largest absolute Gasteiger partial charge is 0.326 e.